The molecule has 0 spiro atoms. The number of H-pyrrole nitrogens is 1. The van der Waals surface area contributed by atoms with Crippen molar-refractivity contribution in [2.75, 3.05) is 0 Å². The second-order valence-electron chi connectivity index (χ2n) is 5.11. The smallest absolute Gasteiger partial charge is 0.140 e. The van der Waals surface area contributed by atoms with Crippen LogP contribution >= 0.6 is 23.2 Å². The first-order chi connectivity index (χ1) is 12.6. The minimum absolute atomic E-state index is 0.587. The minimum atomic E-state index is 0.587. The first-order valence-corrected chi connectivity index (χ1v) is 9.15. The quantitative estimate of drug-likeness (QED) is 0.517. The standard InChI is InChI=1S/C19H15Cl2N3.C2H6/c1-3-6-17-16(4-2)23-19(24-17)13-7-5-10-22-18(13)14-11-12(20)8-9-15(14)21;1-2/h3-11H,2H2,1H3,(H,23,24);1-2H3/b6-3-;. The van der Waals surface area contributed by atoms with Gasteiger partial charge in [0.05, 0.1) is 22.1 Å². The number of aromatic nitrogens is 3. The van der Waals surface area contributed by atoms with E-state index in [1.165, 1.54) is 0 Å². The molecule has 3 nitrogen and oxygen atoms in total. The van der Waals surface area contributed by atoms with Crippen LogP contribution in [0.15, 0.2) is 49.2 Å². The molecule has 3 aromatic rings. The molecule has 5 heteroatoms. The van der Waals surface area contributed by atoms with Gasteiger partial charge < -0.3 is 4.98 Å². The van der Waals surface area contributed by atoms with Gasteiger partial charge in [-0.05, 0) is 49.4 Å². The Bertz CT molecular complexity index is 927. The van der Waals surface area contributed by atoms with Crippen LogP contribution in [0, 0.1) is 0 Å². The number of rotatable bonds is 4. The molecular weight excluding hydrogens is 365 g/mol. The van der Waals surface area contributed by atoms with Crippen LogP contribution in [-0.4, -0.2) is 15.0 Å². The number of aromatic amines is 1. The largest absolute Gasteiger partial charge is 0.338 e. The predicted octanol–water partition coefficient (Wildman–Crippen LogP) is 7.15. The maximum Gasteiger partial charge on any atom is 0.140 e. The molecule has 0 fully saturated rings. The molecule has 0 unspecified atom stereocenters. The number of nitrogens with one attached hydrogen (secondary N) is 1. The SMILES string of the molecule is C=Cc1nc(-c2cccnc2-c2cc(Cl)ccc2Cl)[nH]c1/C=C\C.CC. The van der Waals surface area contributed by atoms with Crippen molar-refractivity contribution >= 4 is 35.4 Å². The van der Waals surface area contributed by atoms with Gasteiger partial charge in [-0.2, -0.15) is 0 Å². The summed E-state index contributed by atoms with van der Waals surface area (Å²) in [4.78, 5) is 12.4. The molecule has 134 valence electrons. The minimum Gasteiger partial charge on any atom is -0.338 e. The van der Waals surface area contributed by atoms with E-state index in [1.54, 1.807) is 30.5 Å². The van der Waals surface area contributed by atoms with Crippen LogP contribution in [-0.2, 0) is 0 Å². The van der Waals surface area contributed by atoms with E-state index in [1.807, 2.05) is 45.1 Å². The van der Waals surface area contributed by atoms with Gasteiger partial charge in [0.2, 0.25) is 0 Å². The molecule has 0 aliphatic rings. The van der Waals surface area contributed by atoms with Crippen molar-refractivity contribution in [3.8, 4) is 22.6 Å². The lowest BCUT2D eigenvalue weighted by Crippen LogP contribution is -1.91. The summed E-state index contributed by atoms with van der Waals surface area (Å²) >= 11 is 12.5. The van der Waals surface area contributed by atoms with Crippen LogP contribution < -0.4 is 0 Å². The van der Waals surface area contributed by atoms with Crippen LogP contribution in [0.1, 0.15) is 32.2 Å². The van der Waals surface area contributed by atoms with Crippen LogP contribution in [0.4, 0.5) is 0 Å². The van der Waals surface area contributed by atoms with Crippen molar-refractivity contribution in [2.24, 2.45) is 0 Å². The van der Waals surface area contributed by atoms with Gasteiger partial charge in [0, 0.05) is 22.3 Å². The van der Waals surface area contributed by atoms with Crippen LogP contribution in [0.3, 0.4) is 0 Å². The molecule has 0 saturated heterocycles. The molecule has 0 aliphatic heterocycles. The molecule has 3 rings (SSSR count). The number of hydrogen-bond acceptors (Lipinski definition) is 2. The van der Waals surface area contributed by atoms with Crippen molar-refractivity contribution < 1.29 is 0 Å². The zero-order valence-corrected chi connectivity index (χ0v) is 16.6. The highest BCUT2D eigenvalue weighted by Gasteiger charge is 2.15. The number of pyridine rings is 1. The number of benzene rings is 1. The molecule has 0 radical (unpaired) electrons. The van der Waals surface area contributed by atoms with E-state index in [-0.39, 0.29) is 0 Å². The van der Waals surface area contributed by atoms with Crippen molar-refractivity contribution in [3.05, 3.63) is 70.6 Å². The van der Waals surface area contributed by atoms with Crippen molar-refractivity contribution in [3.63, 3.8) is 0 Å². The molecule has 0 bridgehead atoms. The van der Waals surface area contributed by atoms with E-state index in [0.717, 1.165) is 28.2 Å². The molecule has 0 atom stereocenters. The normalized spacial score (nSPS) is 10.5. The second kappa shape index (κ2) is 9.37. The van der Waals surface area contributed by atoms with Gasteiger partial charge in [0.1, 0.15) is 5.82 Å². The molecule has 26 heavy (non-hydrogen) atoms. The molecule has 0 amide bonds. The lowest BCUT2D eigenvalue weighted by atomic mass is 10.1. The molecular formula is C21H21Cl2N3. The van der Waals surface area contributed by atoms with Crippen molar-refractivity contribution in [1.82, 2.24) is 15.0 Å². The second-order valence-corrected chi connectivity index (χ2v) is 5.96. The van der Waals surface area contributed by atoms with Crippen molar-refractivity contribution in [2.45, 2.75) is 20.8 Å². The topological polar surface area (TPSA) is 41.6 Å². The third-order valence-electron chi connectivity index (χ3n) is 3.53. The van der Waals surface area contributed by atoms with Gasteiger partial charge in [0.25, 0.3) is 0 Å². The Kier molecular flexibility index (Phi) is 7.19. The van der Waals surface area contributed by atoms with Gasteiger partial charge >= 0.3 is 0 Å². The van der Waals surface area contributed by atoms with E-state index in [4.69, 9.17) is 23.2 Å². The molecule has 0 aliphatic carbocycles. The van der Waals surface area contributed by atoms with Crippen LogP contribution in [0.2, 0.25) is 10.0 Å². The summed E-state index contributed by atoms with van der Waals surface area (Å²) in [7, 11) is 0. The van der Waals surface area contributed by atoms with E-state index >= 15 is 0 Å². The Morgan fingerprint density at radius 2 is 1.88 bits per heavy atom. The Hall–Kier alpha value is -2.36. The third kappa shape index (κ3) is 4.24. The van der Waals surface area contributed by atoms with E-state index < -0.39 is 0 Å². The van der Waals surface area contributed by atoms with Gasteiger partial charge in [-0.1, -0.05) is 49.7 Å². The van der Waals surface area contributed by atoms with Gasteiger partial charge in [-0.25, -0.2) is 4.98 Å². The number of hydrogen-bond donors (Lipinski definition) is 1. The summed E-state index contributed by atoms with van der Waals surface area (Å²) in [5.41, 5.74) is 4.02. The Balaban J connectivity index is 0.00000117. The summed E-state index contributed by atoms with van der Waals surface area (Å²) in [5, 5.41) is 1.19. The molecule has 2 aromatic heterocycles. The summed E-state index contributed by atoms with van der Waals surface area (Å²) in [6, 6.07) is 9.14. The summed E-state index contributed by atoms with van der Waals surface area (Å²) in [5.74, 6) is 0.706. The fourth-order valence-electron chi connectivity index (χ4n) is 2.47. The maximum atomic E-state index is 6.35. The number of allylic oxidation sites excluding steroid dienone is 1. The highest BCUT2D eigenvalue weighted by atomic mass is 35.5. The first kappa shape index (κ1) is 20.0. The molecule has 2 heterocycles. The Morgan fingerprint density at radius 3 is 2.58 bits per heavy atom. The molecule has 0 saturated carbocycles. The zero-order valence-electron chi connectivity index (χ0n) is 15.1. The van der Waals surface area contributed by atoms with E-state index in [9.17, 15) is 0 Å². The number of imidazole rings is 1. The van der Waals surface area contributed by atoms with Crippen LogP contribution in [0.5, 0.6) is 0 Å². The van der Waals surface area contributed by atoms with E-state index in [0.29, 0.717) is 15.9 Å². The molecule has 1 aromatic carbocycles. The fourth-order valence-corrected chi connectivity index (χ4v) is 2.85. The first-order valence-electron chi connectivity index (χ1n) is 8.40. The van der Waals surface area contributed by atoms with Crippen LogP contribution in [0.25, 0.3) is 34.8 Å². The lowest BCUT2D eigenvalue weighted by molar-refractivity contribution is 1.26. The van der Waals surface area contributed by atoms with Gasteiger partial charge in [-0.15, -0.1) is 0 Å². The average molecular weight is 386 g/mol. The molecule has 1 N–H and O–H groups in total. The summed E-state index contributed by atoms with van der Waals surface area (Å²) in [6.07, 6.45) is 7.34. The Morgan fingerprint density at radius 1 is 1.12 bits per heavy atom. The predicted molar refractivity (Wildman–Crippen MR) is 113 cm³/mol. The van der Waals surface area contributed by atoms with Gasteiger partial charge in [0.15, 0.2) is 0 Å². The Labute approximate surface area is 164 Å². The van der Waals surface area contributed by atoms with E-state index in [2.05, 4.69) is 21.5 Å². The third-order valence-corrected chi connectivity index (χ3v) is 4.10. The number of nitrogens with zero attached hydrogens (tertiary/aromatic N) is 2. The fraction of sp³-hybridized carbons (Fsp3) is 0.143. The number of halogens is 2. The monoisotopic (exact) mass is 385 g/mol. The highest BCUT2D eigenvalue weighted by Crippen LogP contribution is 2.35. The summed E-state index contributed by atoms with van der Waals surface area (Å²) in [6.45, 7) is 9.77. The highest BCUT2D eigenvalue weighted by molar-refractivity contribution is 6.35. The zero-order chi connectivity index (χ0) is 19.1. The maximum absolute atomic E-state index is 6.35. The van der Waals surface area contributed by atoms with Gasteiger partial charge in [-0.3, -0.25) is 4.98 Å². The summed E-state index contributed by atoms with van der Waals surface area (Å²) < 4.78 is 0. The lowest BCUT2D eigenvalue weighted by Gasteiger charge is -2.08. The average Bonchev–Trinajstić information content (AvgIpc) is 3.08. The van der Waals surface area contributed by atoms with Crippen molar-refractivity contribution in [1.29, 1.82) is 0 Å².